The topological polar surface area (TPSA) is 29.4 Å². The Morgan fingerprint density at radius 3 is 3.20 bits per heavy atom. The van der Waals surface area contributed by atoms with Crippen LogP contribution in [-0.2, 0) is 4.79 Å². The average Bonchev–Trinajstić information content (AvgIpc) is 2.17. The SMILES string of the molecule is O=C=NC1CC=CCCC1. The highest BCUT2D eigenvalue weighted by Crippen LogP contribution is 2.13. The zero-order chi connectivity index (χ0) is 7.23. The molecule has 0 spiro atoms. The van der Waals surface area contributed by atoms with Crippen LogP contribution in [0.15, 0.2) is 17.1 Å². The standard InChI is InChI=1S/C8H11NO/c10-7-9-8-5-3-1-2-4-6-8/h1,3,8H,2,4-6H2. The monoisotopic (exact) mass is 137 g/mol. The van der Waals surface area contributed by atoms with Gasteiger partial charge in [0.1, 0.15) is 0 Å². The van der Waals surface area contributed by atoms with Crippen LogP contribution in [-0.4, -0.2) is 12.1 Å². The smallest absolute Gasteiger partial charge is 0.211 e. The Morgan fingerprint density at radius 1 is 1.50 bits per heavy atom. The van der Waals surface area contributed by atoms with Gasteiger partial charge in [-0.2, -0.15) is 0 Å². The number of isocyanates is 1. The largest absolute Gasteiger partial charge is 0.235 e. The molecule has 0 saturated carbocycles. The molecule has 54 valence electrons. The fourth-order valence-electron chi connectivity index (χ4n) is 1.15. The molecular weight excluding hydrogens is 126 g/mol. The molecule has 1 unspecified atom stereocenters. The Bertz CT molecular complexity index is 168. The summed E-state index contributed by atoms with van der Waals surface area (Å²) in [7, 11) is 0. The first-order valence-electron chi connectivity index (χ1n) is 3.65. The average molecular weight is 137 g/mol. The zero-order valence-electron chi connectivity index (χ0n) is 5.92. The fraction of sp³-hybridized carbons (Fsp3) is 0.625. The lowest BCUT2D eigenvalue weighted by Gasteiger charge is -2.01. The first-order chi connectivity index (χ1) is 4.93. The van der Waals surface area contributed by atoms with E-state index in [0.29, 0.717) is 0 Å². The minimum Gasteiger partial charge on any atom is -0.211 e. The van der Waals surface area contributed by atoms with Crippen LogP contribution in [0.3, 0.4) is 0 Å². The molecule has 0 N–H and O–H groups in total. The van der Waals surface area contributed by atoms with E-state index in [1.54, 1.807) is 6.08 Å². The van der Waals surface area contributed by atoms with Gasteiger partial charge in [-0.05, 0) is 25.7 Å². The summed E-state index contributed by atoms with van der Waals surface area (Å²) in [6.45, 7) is 0. The van der Waals surface area contributed by atoms with Crippen LogP contribution in [0.2, 0.25) is 0 Å². The van der Waals surface area contributed by atoms with Crippen molar-refractivity contribution < 1.29 is 4.79 Å². The summed E-state index contributed by atoms with van der Waals surface area (Å²) in [4.78, 5) is 13.6. The molecule has 0 aromatic carbocycles. The number of allylic oxidation sites excluding steroid dienone is 1. The van der Waals surface area contributed by atoms with Crippen LogP contribution in [0.1, 0.15) is 25.7 Å². The van der Waals surface area contributed by atoms with E-state index in [2.05, 4.69) is 17.1 Å². The maximum atomic E-state index is 9.87. The lowest BCUT2D eigenvalue weighted by molar-refractivity contribution is 0.548. The highest BCUT2D eigenvalue weighted by Gasteiger charge is 2.05. The summed E-state index contributed by atoms with van der Waals surface area (Å²) >= 11 is 0. The van der Waals surface area contributed by atoms with Gasteiger partial charge in [0, 0.05) is 0 Å². The molecule has 1 aliphatic carbocycles. The van der Waals surface area contributed by atoms with Gasteiger partial charge >= 0.3 is 0 Å². The summed E-state index contributed by atoms with van der Waals surface area (Å²) < 4.78 is 0. The van der Waals surface area contributed by atoms with Gasteiger partial charge in [-0.1, -0.05) is 12.2 Å². The second-order valence-corrected chi connectivity index (χ2v) is 2.51. The molecule has 0 amide bonds. The molecule has 1 atom stereocenters. The normalized spacial score (nSPS) is 25.0. The van der Waals surface area contributed by atoms with E-state index >= 15 is 0 Å². The van der Waals surface area contributed by atoms with E-state index in [9.17, 15) is 4.79 Å². The Kier molecular flexibility index (Phi) is 2.91. The van der Waals surface area contributed by atoms with Crippen molar-refractivity contribution in [3.63, 3.8) is 0 Å². The van der Waals surface area contributed by atoms with E-state index in [0.717, 1.165) is 25.7 Å². The van der Waals surface area contributed by atoms with Gasteiger partial charge in [-0.3, -0.25) is 0 Å². The van der Waals surface area contributed by atoms with Crippen molar-refractivity contribution >= 4 is 6.08 Å². The van der Waals surface area contributed by atoms with E-state index in [-0.39, 0.29) is 6.04 Å². The second kappa shape index (κ2) is 4.02. The van der Waals surface area contributed by atoms with Gasteiger partial charge in [-0.15, -0.1) is 0 Å². The van der Waals surface area contributed by atoms with Gasteiger partial charge in [-0.25, -0.2) is 9.79 Å². The van der Waals surface area contributed by atoms with Gasteiger partial charge in [0.2, 0.25) is 6.08 Å². The predicted octanol–water partition coefficient (Wildman–Crippen LogP) is 1.82. The minimum atomic E-state index is 0.205. The first kappa shape index (κ1) is 7.23. The quantitative estimate of drug-likeness (QED) is 0.308. The third-order valence-corrected chi connectivity index (χ3v) is 1.72. The highest BCUT2D eigenvalue weighted by molar-refractivity contribution is 5.33. The van der Waals surface area contributed by atoms with Crippen LogP contribution >= 0.6 is 0 Å². The molecular formula is C8H11NO. The van der Waals surface area contributed by atoms with Crippen molar-refractivity contribution in [2.75, 3.05) is 0 Å². The molecule has 0 aliphatic heterocycles. The zero-order valence-corrected chi connectivity index (χ0v) is 5.92. The van der Waals surface area contributed by atoms with Gasteiger partial charge in [0.15, 0.2) is 0 Å². The number of hydrogen-bond acceptors (Lipinski definition) is 2. The van der Waals surface area contributed by atoms with Crippen molar-refractivity contribution in [2.24, 2.45) is 4.99 Å². The fourth-order valence-corrected chi connectivity index (χ4v) is 1.15. The van der Waals surface area contributed by atoms with E-state index in [4.69, 9.17) is 0 Å². The van der Waals surface area contributed by atoms with Gasteiger partial charge in [0.25, 0.3) is 0 Å². The minimum absolute atomic E-state index is 0.205. The summed E-state index contributed by atoms with van der Waals surface area (Å²) in [6.07, 6.45) is 10.1. The molecule has 1 aliphatic rings. The molecule has 0 bridgehead atoms. The van der Waals surface area contributed by atoms with Crippen molar-refractivity contribution in [1.29, 1.82) is 0 Å². The molecule has 2 nitrogen and oxygen atoms in total. The van der Waals surface area contributed by atoms with Crippen LogP contribution in [0.4, 0.5) is 0 Å². The molecule has 2 heteroatoms. The lowest BCUT2D eigenvalue weighted by atomic mass is 10.1. The maximum Gasteiger partial charge on any atom is 0.235 e. The van der Waals surface area contributed by atoms with Crippen LogP contribution < -0.4 is 0 Å². The number of hydrogen-bond donors (Lipinski definition) is 0. The first-order valence-corrected chi connectivity index (χ1v) is 3.65. The molecule has 10 heavy (non-hydrogen) atoms. The van der Waals surface area contributed by atoms with Crippen molar-refractivity contribution in [1.82, 2.24) is 0 Å². The number of carbonyl (C=O) groups excluding carboxylic acids is 1. The highest BCUT2D eigenvalue weighted by atomic mass is 16.1. The van der Waals surface area contributed by atoms with E-state index in [1.165, 1.54) is 0 Å². The summed E-state index contributed by atoms with van der Waals surface area (Å²) in [6, 6.07) is 0.205. The summed E-state index contributed by atoms with van der Waals surface area (Å²) in [5.41, 5.74) is 0. The summed E-state index contributed by atoms with van der Waals surface area (Å²) in [5, 5.41) is 0. The molecule has 0 radical (unpaired) electrons. The van der Waals surface area contributed by atoms with Gasteiger partial charge < -0.3 is 0 Å². The second-order valence-electron chi connectivity index (χ2n) is 2.51. The number of rotatable bonds is 1. The maximum absolute atomic E-state index is 9.87. The van der Waals surface area contributed by atoms with E-state index < -0.39 is 0 Å². The predicted molar refractivity (Wildman–Crippen MR) is 39.5 cm³/mol. The van der Waals surface area contributed by atoms with Crippen LogP contribution in [0, 0.1) is 0 Å². The van der Waals surface area contributed by atoms with Crippen LogP contribution in [0.25, 0.3) is 0 Å². The Morgan fingerprint density at radius 2 is 2.40 bits per heavy atom. The van der Waals surface area contributed by atoms with Crippen LogP contribution in [0.5, 0.6) is 0 Å². The molecule has 0 heterocycles. The molecule has 1 rings (SSSR count). The summed E-state index contributed by atoms with van der Waals surface area (Å²) in [5.74, 6) is 0. The molecule has 0 fully saturated rings. The van der Waals surface area contributed by atoms with Crippen molar-refractivity contribution in [3.8, 4) is 0 Å². The molecule has 0 saturated heterocycles. The van der Waals surface area contributed by atoms with Gasteiger partial charge in [0.05, 0.1) is 6.04 Å². The Labute approximate surface area is 60.7 Å². The molecule has 0 aromatic rings. The van der Waals surface area contributed by atoms with Crippen molar-refractivity contribution in [2.45, 2.75) is 31.7 Å². The number of aliphatic imine (C=N–C) groups is 1. The van der Waals surface area contributed by atoms with Crippen molar-refractivity contribution in [3.05, 3.63) is 12.2 Å². The third kappa shape index (κ3) is 2.16. The number of nitrogens with zero attached hydrogens (tertiary/aromatic N) is 1. The Hall–Kier alpha value is -0.880. The Balaban J connectivity index is 2.44. The van der Waals surface area contributed by atoms with E-state index in [1.807, 2.05) is 0 Å². The lowest BCUT2D eigenvalue weighted by Crippen LogP contribution is -1.99. The third-order valence-electron chi connectivity index (χ3n) is 1.72. The molecule has 0 aromatic heterocycles.